The number of aliphatic hydroxyl groups excluding tert-OH is 1. The first kappa shape index (κ1) is 23.3. The zero-order chi connectivity index (χ0) is 25.1. The molecule has 0 spiro atoms. The van der Waals surface area contributed by atoms with Gasteiger partial charge in [-0.25, -0.2) is 4.39 Å². The molecule has 2 bridgehead atoms. The zero-order valence-corrected chi connectivity index (χ0v) is 21.4. The molecule has 4 atom stereocenters. The number of fused-ring (bicyclic) bond motifs is 4. The molecule has 37 heavy (non-hydrogen) atoms. The molecule has 3 unspecified atom stereocenters. The number of nitrogens with zero attached hydrogens (tertiary/aromatic N) is 5. The van der Waals surface area contributed by atoms with E-state index in [0.717, 1.165) is 55.0 Å². The second-order valence-electron chi connectivity index (χ2n) is 11.5. The lowest BCUT2D eigenvalue weighted by Gasteiger charge is -2.33. The van der Waals surface area contributed by atoms with Crippen molar-refractivity contribution in [1.82, 2.24) is 19.9 Å². The van der Waals surface area contributed by atoms with Crippen molar-refractivity contribution in [2.75, 3.05) is 38.2 Å². The van der Waals surface area contributed by atoms with Gasteiger partial charge in [0.2, 0.25) is 0 Å². The summed E-state index contributed by atoms with van der Waals surface area (Å²) in [5, 5.41) is 11.0. The SMILES string of the molecule is CN1CCC[C@H]1COc1nc(N2CC3CCC(C3)C2)c2cnc(-c3cccc4c3CCC4O)c(F)c2n1. The van der Waals surface area contributed by atoms with Crippen molar-refractivity contribution in [3.8, 4) is 17.3 Å². The molecular formula is C29H34FN5O2. The Kier molecular flexibility index (Phi) is 5.77. The average Bonchev–Trinajstić information content (AvgIpc) is 3.60. The van der Waals surface area contributed by atoms with E-state index in [1.807, 2.05) is 18.2 Å². The van der Waals surface area contributed by atoms with Gasteiger partial charge in [-0.3, -0.25) is 4.98 Å². The van der Waals surface area contributed by atoms with Crippen LogP contribution in [0.5, 0.6) is 6.01 Å². The molecule has 3 fully saturated rings. The first-order valence-corrected chi connectivity index (χ1v) is 13.8. The number of aliphatic hydroxyl groups is 1. The Morgan fingerprint density at radius 2 is 1.95 bits per heavy atom. The Morgan fingerprint density at radius 1 is 1.11 bits per heavy atom. The van der Waals surface area contributed by atoms with E-state index in [1.165, 1.54) is 19.3 Å². The minimum Gasteiger partial charge on any atom is -0.462 e. The predicted octanol–water partition coefficient (Wildman–Crippen LogP) is 4.52. The number of halogens is 1. The van der Waals surface area contributed by atoms with Crippen LogP contribution in [-0.2, 0) is 6.42 Å². The highest BCUT2D eigenvalue weighted by molar-refractivity contribution is 5.92. The van der Waals surface area contributed by atoms with E-state index in [1.54, 1.807) is 6.20 Å². The monoisotopic (exact) mass is 503 g/mol. The first-order valence-electron chi connectivity index (χ1n) is 13.8. The van der Waals surface area contributed by atoms with Crippen LogP contribution >= 0.6 is 0 Å². The van der Waals surface area contributed by atoms with Crippen molar-refractivity contribution in [3.63, 3.8) is 0 Å². The molecule has 4 aliphatic rings. The van der Waals surface area contributed by atoms with Crippen LogP contribution in [0.2, 0.25) is 0 Å². The van der Waals surface area contributed by atoms with Crippen molar-refractivity contribution in [2.45, 2.75) is 57.1 Å². The standard InChI is InChI=1S/C29H34FN5O2/c1-34-11-3-4-19(34)16-37-29-32-27-23(28(33-29)35-14-17-7-8-18(12-17)15-35)13-31-26(25(27)30)22-6-2-5-21-20(22)9-10-24(21)36/h2,5-6,13,17-19,24,36H,3-4,7-12,14-16H2,1H3/t17?,18?,19-,24?/m0/s1. The fraction of sp³-hybridized carbons (Fsp3) is 0.552. The van der Waals surface area contributed by atoms with E-state index in [4.69, 9.17) is 9.72 Å². The van der Waals surface area contributed by atoms with Gasteiger partial charge in [0, 0.05) is 30.9 Å². The minimum atomic E-state index is -0.504. The summed E-state index contributed by atoms with van der Waals surface area (Å²) in [6.45, 7) is 3.42. The summed E-state index contributed by atoms with van der Waals surface area (Å²) in [5.41, 5.74) is 3.13. The van der Waals surface area contributed by atoms with Gasteiger partial charge in [-0.1, -0.05) is 18.2 Å². The number of anilines is 1. The molecule has 0 radical (unpaired) electrons. The number of benzene rings is 1. The molecule has 2 aliphatic carbocycles. The molecule has 8 heteroatoms. The minimum absolute atomic E-state index is 0.241. The van der Waals surface area contributed by atoms with E-state index >= 15 is 4.39 Å². The lowest BCUT2D eigenvalue weighted by Crippen LogP contribution is -2.37. The van der Waals surface area contributed by atoms with Crippen molar-refractivity contribution in [1.29, 1.82) is 0 Å². The molecule has 1 N–H and O–H groups in total. The molecule has 3 aromatic rings. The van der Waals surface area contributed by atoms with Crippen LogP contribution in [0.1, 0.15) is 55.8 Å². The fourth-order valence-electron chi connectivity index (χ4n) is 7.11. The van der Waals surface area contributed by atoms with Gasteiger partial charge in [-0.05, 0) is 81.5 Å². The van der Waals surface area contributed by atoms with Gasteiger partial charge < -0.3 is 19.6 Å². The van der Waals surface area contributed by atoms with Gasteiger partial charge in [-0.2, -0.15) is 9.97 Å². The van der Waals surface area contributed by atoms with Gasteiger partial charge >= 0.3 is 6.01 Å². The van der Waals surface area contributed by atoms with E-state index in [9.17, 15) is 5.11 Å². The number of piperidine rings is 1. The summed E-state index contributed by atoms with van der Waals surface area (Å²) in [7, 11) is 2.12. The first-order chi connectivity index (χ1) is 18.0. The Bertz CT molecular complexity index is 1340. The van der Waals surface area contributed by atoms with Crippen molar-refractivity contribution in [2.24, 2.45) is 11.8 Å². The highest BCUT2D eigenvalue weighted by Crippen LogP contribution is 2.42. The van der Waals surface area contributed by atoms with Crippen LogP contribution in [0, 0.1) is 17.7 Å². The van der Waals surface area contributed by atoms with Crippen molar-refractivity contribution in [3.05, 3.63) is 41.3 Å². The van der Waals surface area contributed by atoms with Gasteiger partial charge in [0.05, 0.1) is 11.5 Å². The molecular weight excluding hydrogens is 469 g/mol. The summed E-state index contributed by atoms with van der Waals surface area (Å²) < 4.78 is 22.5. The van der Waals surface area contributed by atoms with E-state index in [2.05, 4.69) is 26.8 Å². The van der Waals surface area contributed by atoms with Gasteiger partial charge in [0.25, 0.3) is 0 Å². The zero-order valence-electron chi connectivity index (χ0n) is 21.4. The topological polar surface area (TPSA) is 74.6 Å². The number of ether oxygens (including phenoxy) is 1. The molecule has 2 saturated heterocycles. The maximum atomic E-state index is 16.3. The third-order valence-corrected chi connectivity index (χ3v) is 9.12. The molecule has 7 rings (SSSR count). The molecule has 1 saturated carbocycles. The Morgan fingerprint density at radius 3 is 2.73 bits per heavy atom. The number of rotatable bonds is 5. The van der Waals surface area contributed by atoms with Crippen LogP contribution in [-0.4, -0.2) is 64.3 Å². The molecule has 4 heterocycles. The van der Waals surface area contributed by atoms with E-state index in [-0.39, 0.29) is 17.2 Å². The average molecular weight is 504 g/mol. The number of hydrogen-bond acceptors (Lipinski definition) is 7. The highest BCUT2D eigenvalue weighted by atomic mass is 19.1. The van der Waals surface area contributed by atoms with Crippen LogP contribution < -0.4 is 9.64 Å². The van der Waals surface area contributed by atoms with Crippen LogP contribution in [0.15, 0.2) is 24.4 Å². The van der Waals surface area contributed by atoms with Crippen molar-refractivity contribution >= 4 is 16.7 Å². The maximum Gasteiger partial charge on any atom is 0.319 e. The quantitative estimate of drug-likeness (QED) is 0.549. The fourth-order valence-corrected chi connectivity index (χ4v) is 7.11. The number of pyridine rings is 1. The number of hydrogen-bond donors (Lipinski definition) is 1. The Labute approximate surface area is 216 Å². The van der Waals surface area contributed by atoms with E-state index < -0.39 is 11.9 Å². The lowest BCUT2D eigenvalue weighted by atomic mass is 9.98. The molecule has 7 nitrogen and oxygen atoms in total. The highest BCUT2D eigenvalue weighted by Gasteiger charge is 2.35. The summed E-state index contributed by atoms with van der Waals surface area (Å²) in [5.74, 6) is 1.62. The molecule has 0 amide bonds. The predicted molar refractivity (Wildman–Crippen MR) is 140 cm³/mol. The second kappa shape index (κ2) is 9.17. The summed E-state index contributed by atoms with van der Waals surface area (Å²) in [6, 6.07) is 6.25. The molecule has 194 valence electrons. The number of aromatic nitrogens is 3. The maximum absolute atomic E-state index is 16.3. The van der Waals surface area contributed by atoms with Crippen LogP contribution in [0.4, 0.5) is 10.2 Å². The van der Waals surface area contributed by atoms with E-state index in [0.29, 0.717) is 42.7 Å². The normalized spacial score (nSPS) is 27.3. The largest absolute Gasteiger partial charge is 0.462 e. The Balaban J connectivity index is 1.32. The second-order valence-corrected chi connectivity index (χ2v) is 11.5. The molecule has 2 aromatic heterocycles. The van der Waals surface area contributed by atoms with Gasteiger partial charge in [-0.15, -0.1) is 0 Å². The Hall–Kier alpha value is -2.84. The summed E-state index contributed by atoms with van der Waals surface area (Å²) >= 11 is 0. The third-order valence-electron chi connectivity index (χ3n) is 9.12. The summed E-state index contributed by atoms with van der Waals surface area (Å²) in [4.78, 5) is 18.7. The van der Waals surface area contributed by atoms with Crippen molar-refractivity contribution < 1.29 is 14.2 Å². The van der Waals surface area contributed by atoms with Gasteiger partial charge in [0.1, 0.15) is 23.6 Å². The lowest BCUT2D eigenvalue weighted by molar-refractivity contribution is 0.180. The number of likely N-dealkylation sites (tertiary alicyclic amines) is 1. The van der Waals surface area contributed by atoms with Crippen LogP contribution in [0.3, 0.4) is 0 Å². The molecule has 1 aromatic carbocycles. The third kappa shape index (κ3) is 4.05. The molecule has 2 aliphatic heterocycles. The number of likely N-dealkylation sites (N-methyl/N-ethyl adjacent to an activating group) is 1. The smallest absolute Gasteiger partial charge is 0.319 e. The summed E-state index contributed by atoms with van der Waals surface area (Å²) in [6.07, 6.45) is 8.61. The van der Waals surface area contributed by atoms with Crippen LogP contribution in [0.25, 0.3) is 22.2 Å². The van der Waals surface area contributed by atoms with Gasteiger partial charge in [0.15, 0.2) is 5.82 Å².